The highest BCUT2D eigenvalue weighted by atomic mass is 32.2. The zero-order valence-corrected chi connectivity index (χ0v) is 15.6. The highest BCUT2D eigenvalue weighted by molar-refractivity contribution is 7.89. The first-order chi connectivity index (χ1) is 12.0. The third-order valence-electron chi connectivity index (χ3n) is 4.65. The van der Waals surface area contributed by atoms with Crippen molar-refractivity contribution in [2.75, 3.05) is 6.61 Å². The van der Waals surface area contributed by atoms with Gasteiger partial charge in [0, 0.05) is 6.04 Å². The van der Waals surface area contributed by atoms with Crippen molar-refractivity contribution in [3.63, 3.8) is 0 Å². The Hall–Kier alpha value is -1.85. The minimum absolute atomic E-state index is 0.251. The van der Waals surface area contributed by atoms with E-state index in [4.69, 9.17) is 4.74 Å². The Bertz CT molecular complexity index is 829. The molecule has 2 aromatic rings. The van der Waals surface area contributed by atoms with E-state index in [9.17, 15) is 8.42 Å². The summed E-state index contributed by atoms with van der Waals surface area (Å²) in [7, 11) is -3.57. The molecule has 0 unspecified atom stereocenters. The van der Waals surface area contributed by atoms with E-state index < -0.39 is 10.0 Å². The summed E-state index contributed by atoms with van der Waals surface area (Å²) in [5.41, 5.74) is 3.77. The number of rotatable bonds is 6. The molecule has 1 aliphatic carbocycles. The predicted molar refractivity (Wildman–Crippen MR) is 99.4 cm³/mol. The van der Waals surface area contributed by atoms with E-state index in [1.54, 1.807) is 24.3 Å². The summed E-state index contributed by atoms with van der Waals surface area (Å²) in [6.07, 6.45) is 4.67. The number of hydrogen-bond donors (Lipinski definition) is 1. The lowest BCUT2D eigenvalue weighted by molar-refractivity contribution is 0.340. The largest absolute Gasteiger partial charge is 0.494 e. The number of ether oxygens (including phenoxy) is 1. The molecule has 3 rings (SSSR count). The van der Waals surface area contributed by atoms with Crippen LogP contribution >= 0.6 is 0 Å². The lowest BCUT2D eigenvalue weighted by Gasteiger charge is -2.20. The van der Waals surface area contributed by atoms with Gasteiger partial charge in [0.15, 0.2) is 0 Å². The number of nitrogens with one attached hydrogen (secondary N) is 1. The van der Waals surface area contributed by atoms with Gasteiger partial charge in [0.25, 0.3) is 0 Å². The summed E-state index contributed by atoms with van der Waals surface area (Å²) >= 11 is 0. The van der Waals surface area contributed by atoms with Crippen LogP contribution < -0.4 is 9.46 Å². The van der Waals surface area contributed by atoms with E-state index in [1.807, 2.05) is 19.9 Å². The molecular formula is C20H25NO3S. The monoisotopic (exact) mass is 359 g/mol. The summed E-state index contributed by atoms with van der Waals surface area (Å²) in [6, 6.07) is 12.6. The van der Waals surface area contributed by atoms with Crippen molar-refractivity contribution < 1.29 is 13.2 Å². The molecule has 134 valence electrons. The van der Waals surface area contributed by atoms with Crippen LogP contribution in [0.2, 0.25) is 0 Å². The third kappa shape index (κ3) is 4.22. The van der Waals surface area contributed by atoms with Gasteiger partial charge in [-0.1, -0.05) is 18.2 Å². The van der Waals surface area contributed by atoms with Gasteiger partial charge >= 0.3 is 0 Å². The summed E-state index contributed by atoms with van der Waals surface area (Å²) in [4.78, 5) is 0.251. The molecule has 0 fully saturated rings. The Kier molecular flexibility index (Phi) is 5.45. The van der Waals surface area contributed by atoms with E-state index in [1.165, 1.54) is 24.0 Å². The van der Waals surface area contributed by atoms with Crippen LogP contribution in [0.3, 0.4) is 0 Å². The Morgan fingerprint density at radius 1 is 1.04 bits per heavy atom. The third-order valence-corrected chi connectivity index (χ3v) is 6.21. The first-order valence-corrected chi connectivity index (χ1v) is 10.3. The fourth-order valence-electron chi connectivity index (χ4n) is 3.27. The SMILES string of the molecule is CCOc1ccc(S(=O)(=O)N[C@H](C)c2ccc3c(c2)CCCC3)cc1. The van der Waals surface area contributed by atoms with Gasteiger partial charge in [-0.05, 0) is 80.5 Å². The smallest absolute Gasteiger partial charge is 0.241 e. The molecule has 0 bridgehead atoms. The highest BCUT2D eigenvalue weighted by Crippen LogP contribution is 2.26. The molecule has 1 atom stereocenters. The summed E-state index contributed by atoms with van der Waals surface area (Å²) in [5.74, 6) is 0.671. The van der Waals surface area contributed by atoms with Gasteiger partial charge in [0.05, 0.1) is 11.5 Å². The predicted octanol–water partition coefficient (Wildman–Crippen LogP) is 4.00. The van der Waals surface area contributed by atoms with Crippen molar-refractivity contribution in [3.8, 4) is 5.75 Å². The van der Waals surface area contributed by atoms with Gasteiger partial charge in [-0.15, -0.1) is 0 Å². The number of aryl methyl sites for hydroxylation is 2. The first-order valence-electron chi connectivity index (χ1n) is 8.86. The average molecular weight is 359 g/mol. The molecule has 0 heterocycles. The first kappa shape index (κ1) is 18.0. The quantitative estimate of drug-likeness (QED) is 0.848. The number of benzene rings is 2. The fraction of sp³-hybridized carbons (Fsp3) is 0.400. The van der Waals surface area contributed by atoms with Gasteiger partial charge in [0.1, 0.15) is 5.75 Å². The molecule has 2 aromatic carbocycles. The molecule has 0 aliphatic heterocycles. The van der Waals surface area contributed by atoms with Crippen molar-refractivity contribution in [3.05, 3.63) is 59.2 Å². The van der Waals surface area contributed by atoms with E-state index in [-0.39, 0.29) is 10.9 Å². The fourth-order valence-corrected chi connectivity index (χ4v) is 4.51. The maximum absolute atomic E-state index is 12.6. The molecule has 0 radical (unpaired) electrons. The minimum atomic E-state index is -3.57. The molecule has 0 saturated heterocycles. The van der Waals surface area contributed by atoms with Crippen molar-refractivity contribution in [2.45, 2.75) is 50.5 Å². The van der Waals surface area contributed by atoms with Crippen LogP contribution in [-0.2, 0) is 22.9 Å². The maximum Gasteiger partial charge on any atom is 0.241 e. The molecule has 0 aromatic heterocycles. The molecule has 0 saturated carbocycles. The van der Waals surface area contributed by atoms with Crippen LogP contribution in [0.4, 0.5) is 0 Å². The van der Waals surface area contributed by atoms with Crippen molar-refractivity contribution in [1.29, 1.82) is 0 Å². The van der Waals surface area contributed by atoms with E-state index in [2.05, 4.69) is 16.9 Å². The van der Waals surface area contributed by atoms with Gasteiger partial charge in [-0.25, -0.2) is 13.1 Å². The second-order valence-electron chi connectivity index (χ2n) is 6.48. The van der Waals surface area contributed by atoms with Crippen LogP contribution in [0.5, 0.6) is 5.75 Å². The number of hydrogen-bond acceptors (Lipinski definition) is 3. The Balaban J connectivity index is 1.75. The van der Waals surface area contributed by atoms with Crippen LogP contribution in [0.1, 0.15) is 49.4 Å². The minimum Gasteiger partial charge on any atom is -0.494 e. The zero-order valence-electron chi connectivity index (χ0n) is 14.8. The van der Waals surface area contributed by atoms with Gasteiger partial charge in [-0.2, -0.15) is 0 Å². The Labute approximate surface area is 150 Å². The molecule has 0 amide bonds. The van der Waals surface area contributed by atoms with E-state index >= 15 is 0 Å². The van der Waals surface area contributed by atoms with Gasteiger partial charge < -0.3 is 4.74 Å². The van der Waals surface area contributed by atoms with Crippen molar-refractivity contribution in [2.24, 2.45) is 0 Å². The van der Waals surface area contributed by atoms with Crippen LogP contribution in [0, 0.1) is 0 Å². The van der Waals surface area contributed by atoms with Crippen LogP contribution in [0.15, 0.2) is 47.4 Å². The Morgan fingerprint density at radius 2 is 1.72 bits per heavy atom. The number of sulfonamides is 1. The van der Waals surface area contributed by atoms with Gasteiger partial charge in [0.2, 0.25) is 10.0 Å². The lowest BCUT2D eigenvalue weighted by atomic mass is 9.89. The molecule has 4 nitrogen and oxygen atoms in total. The topological polar surface area (TPSA) is 55.4 Å². The van der Waals surface area contributed by atoms with E-state index in [0.717, 1.165) is 18.4 Å². The molecule has 5 heteroatoms. The normalized spacial score (nSPS) is 15.4. The Morgan fingerprint density at radius 3 is 2.40 bits per heavy atom. The lowest BCUT2D eigenvalue weighted by Crippen LogP contribution is -2.27. The van der Waals surface area contributed by atoms with Crippen LogP contribution in [-0.4, -0.2) is 15.0 Å². The average Bonchev–Trinajstić information content (AvgIpc) is 2.61. The summed E-state index contributed by atoms with van der Waals surface area (Å²) in [5, 5.41) is 0. The molecular weight excluding hydrogens is 334 g/mol. The molecule has 1 aliphatic rings. The molecule has 25 heavy (non-hydrogen) atoms. The maximum atomic E-state index is 12.6. The second-order valence-corrected chi connectivity index (χ2v) is 8.20. The van der Waals surface area contributed by atoms with Crippen molar-refractivity contribution >= 4 is 10.0 Å². The number of fused-ring (bicyclic) bond motifs is 1. The summed E-state index contributed by atoms with van der Waals surface area (Å²) in [6.45, 7) is 4.34. The van der Waals surface area contributed by atoms with Gasteiger partial charge in [-0.3, -0.25) is 0 Å². The van der Waals surface area contributed by atoms with E-state index in [0.29, 0.717) is 12.4 Å². The second kappa shape index (κ2) is 7.58. The molecule has 0 spiro atoms. The van der Waals surface area contributed by atoms with Crippen molar-refractivity contribution in [1.82, 2.24) is 4.72 Å². The molecule has 1 N–H and O–H groups in total. The van der Waals surface area contributed by atoms with Crippen LogP contribution in [0.25, 0.3) is 0 Å². The highest BCUT2D eigenvalue weighted by Gasteiger charge is 2.19. The zero-order chi connectivity index (χ0) is 17.9. The summed E-state index contributed by atoms with van der Waals surface area (Å²) < 4.78 is 33.4. The standard InChI is InChI=1S/C20H25NO3S/c1-3-24-19-10-12-20(13-11-19)25(22,23)21-15(2)17-9-8-16-6-4-5-7-18(16)14-17/h8-15,21H,3-7H2,1-2H3/t15-/m1/s1.